The number of benzene rings is 1. The molecule has 1 aliphatic heterocycles. The van der Waals surface area contributed by atoms with Crippen molar-refractivity contribution in [3.63, 3.8) is 0 Å². The van der Waals surface area contributed by atoms with E-state index in [1.165, 1.54) is 18.2 Å². The lowest BCUT2D eigenvalue weighted by molar-refractivity contribution is -0.135. The van der Waals surface area contributed by atoms with Gasteiger partial charge in [0, 0.05) is 38.0 Å². The van der Waals surface area contributed by atoms with E-state index in [2.05, 4.69) is 10.2 Å². The zero-order chi connectivity index (χ0) is 20.2. The molecular weight excluding hydrogens is 366 g/mol. The highest BCUT2D eigenvalue weighted by molar-refractivity contribution is 7.90. The van der Waals surface area contributed by atoms with Crippen LogP contribution in [0.25, 0.3) is 0 Å². The zero-order valence-electron chi connectivity index (χ0n) is 16.4. The fraction of sp³-hybridized carbons (Fsp3) is 0.579. The van der Waals surface area contributed by atoms with E-state index < -0.39 is 21.8 Å². The minimum absolute atomic E-state index is 0.0792. The Hall–Kier alpha value is -1.93. The molecule has 1 saturated heterocycles. The van der Waals surface area contributed by atoms with Crippen LogP contribution in [0.1, 0.15) is 30.6 Å². The van der Waals surface area contributed by atoms with Crippen LogP contribution in [0.15, 0.2) is 29.2 Å². The molecule has 150 valence electrons. The fourth-order valence-electron chi connectivity index (χ4n) is 3.05. The highest BCUT2D eigenvalue weighted by Crippen LogP contribution is 2.14. The van der Waals surface area contributed by atoms with E-state index in [1.54, 1.807) is 11.0 Å². The largest absolute Gasteiger partial charge is 0.340 e. The third-order valence-electron chi connectivity index (χ3n) is 4.65. The topological polar surface area (TPSA) is 86.8 Å². The van der Waals surface area contributed by atoms with Gasteiger partial charge in [0.2, 0.25) is 5.91 Å². The average Bonchev–Trinajstić information content (AvgIpc) is 2.60. The van der Waals surface area contributed by atoms with Crippen LogP contribution in [-0.2, 0) is 14.6 Å². The molecule has 1 heterocycles. The molecule has 1 aromatic rings. The summed E-state index contributed by atoms with van der Waals surface area (Å²) in [5.41, 5.74) is 0.234. The lowest BCUT2D eigenvalue weighted by Gasteiger charge is -2.35. The second-order valence-electron chi connectivity index (χ2n) is 7.58. The standard InChI is InChI=1S/C19H29N3O4S/c1-14(2)12-17(19(24)22-10-8-21(3)9-11-22)20-18(23)15-6-5-7-16(13-15)27(4,25)26/h5-7,13-14,17H,8-12H2,1-4H3,(H,20,23)/t17-/m1/s1. The number of sulfone groups is 1. The Bertz CT molecular complexity index is 784. The van der Waals surface area contributed by atoms with Crippen LogP contribution in [-0.4, -0.2) is 75.6 Å². The van der Waals surface area contributed by atoms with Crippen LogP contribution in [0.4, 0.5) is 0 Å². The van der Waals surface area contributed by atoms with Gasteiger partial charge >= 0.3 is 0 Å². The van der Waals surface area contributed by atoms with Crippen LogP contribution in [0.5, 0.6) is 0 Å². The van der Waals surface area contributed by atoms with E-state index in [-0.39, 0.29) is 22.3 Å². The summed E-state index contributed by atoms with van der Waals surface area (Å²) in [6.45, 7) is 6.91. The Kier molecular flexibility index (Phi) is 7.00. The number of carbonyl (C=O) groups excluding carboxylic acids is 2. The van der Waals surface area contributed by atoms with E-state index >= 15 is 0 Å². The number of nitrogens with zero attached hydrogens (tertiary/aromatic N) is 2. The van der Waals surface area contributed by atoms with Crippen molar-refractivity contribution in [1.82, 2.24) is 15.1 Å². The van der Waals surface area contributed by atoms with Crippen molar-refractivity contribution in [2.45, 2.75) is 31.2 Å². The molecule has 7 nitrogen and oxygen atoms in total. The van der Waals surface area contributed by atoms with Crippen LogP contribution in [0.3, 0.4) is 0 Å². The Labute approximate surface area is 161 Å². The number of likely N-dealkylation sites (N-methyl/N-ethyl adjacent to an activating group) is 1. The molecule has 0 saturated carbocycles. The molecule has 1 atom stereocenters. The predicted molar refractivity (Wildman–Crippen MR) is 104 cm³/mol. The SMILES string of the molecule is CC(C)C[C@@H](NC(=O)c1cccc(S(C)(=O)=O)c1)C(=O)N1CCN(C)CC1. The van der Waals surface area contributed by atoms with Crippen LogP contribution in [0, 0.1) is 5.92 Å². The molecule has 27 heavy (non-hydrogen) atoms. The van der Waals surface area contributed by atoms with E-state index in [1.807, 2.05) is 20.9 Å². The average molecular weight is 396 g/mol. The maximum Gasteiger partial charge on any atom is 0.251 e. The third-order valence-corrected chi connectivity index (χ3v) is 5.76. The van der Waals surface area contributed by atoms with Gasteiger partial charge in [-0.3, -0.25) is 9.59 Å². The molecule has 0 unspecified atom stereocenters. The molecule has 1 N–H and O–H groups in total. The molecule has 0 aromatic heterocycles. The van der Waals surface area contributed by atoms with Gasteiger partial charge in [-0.2, -0.15) is 0 Å². The number of nitrogens with one attached hydrogen (secondary N) is 1. The minimum atomic E-state index is -3.40. The van der Waals surface area contributed by atoms with Gasteiger partial charge in [0.15, 0.2) is 9.84 Å². The molecule has 0 spiro atoms. The van der Waals surface area contributed by atoms with Gasteiger partial charge in [-0.25, -0.2) is 8.42 Å². The van der Waals surface area contributed by atoms with E-state index in [4.69, 9.17) is 0 Å². The summed E-state index contributed by atoms with van der Waals surface area (Å²) in [7, 11) is -1.39. The molecule has 0 aliphatic carbocycles. The van der Waals surface area contributed by atoms with Crippen LogP contribution < -0.4 is 5.32 Å². The first kappa shape index (κ1) is 21.4. The van der Waals surface area contributed by atoms with Crippen molar-refractivity contribution in [1.29, 1.82) is 0 Å². The highest BCUT2D eigenvalue weighted by Gasteiger charge is 2.29. The van der Waals surface area contributed by atoms with Gasteiger partial charge in [0.05, 0.1) is 4.90 Å². The fourth-order valence-corrected chi connectivity index (χ4v) is 3.72. The first-order valence-corrected chi connectivity index (χ1v) is 11.1. The lowest BCUT2D eigenvalue weighted by atomic mass is 10.0. The Morgan fingerprint density at radius 1 is 1.15 bits per heavy atom. The van der Waals surface area contributed by atoms with Gasteiger partial charge in [0.1, 0.15) is 6.04 Å². The van der Waals surface area contributed by atoms with Crippen molar-refractivity contribution < 1.29 is 18.0 Å². The Morgan fingerprint density at radius 2 is 1.78 bits per heavy atom. The molecule has 2 amide bonds. The quantitative estimate of drug-likeness (QED) is 0.777. The number of hydrogen-bond acceptors (Lipinski definition) is 5. The number of rotatable bonds is 6. The van der Waals surface area contributed by atoms with Crippen LogP contribution >= 0.6 is 0 Å². The molecule has 1 aliphatic rings. The van der Waals surface area contributed by atoms with Crippen molar-refractivity contribution in [3.05, 3.63) is 29.8 Å². The molecular formula is C19H29N3O4S. The van der Waals surface area contributed by atoms with Gasteiger partial charge in [-0.05, 0) is 37.6 Å². The maximum atomic E-state index is 12.9. The Morgan fingerprint density at radius 3 is 2.33 bits per heavy atom. The first-order chi connectivity index (χ1) is 12.6. The van der Waals surface area contributed by atoms with Crippen molar-refractivity contribution in [3.8, 4) is 0 Å². The second-order valence-corrected chi connectivity index (χ2v) is 9.60. The number of amides is 2. The molecule has 2 rings (SSSR count). The summed E-state index contributed by atoms with van der Waals surface area (Å²) < 4.78 is 23.4. The van der Waals surface area contributed by atoms with E-state index in [0.717, 1.165) is 19.3 Å². The van der Waals surface area contributed by atoms with Gasteiger partial charge in [-0.15, -0.1) is 0 Å². The first-order valence-electron chi connectivity index (χ1n) is 9.16. The van der Waals surface area contributed by atoms with Gasteiger partial charge in [0.25, 0.3) is 5.91 Å². The maximum absolute atomic E-state index is 12.9. The summed E-state index contributed by atoms with van der Waals surface area (Å²) >= 11 is 0. The summed E-state index contributed by atoms with van der Waals surface area (Å²) in [5.74, 6) is -0.285. The smallest absolute Gasteiger partial charge is 0.251 e. The van der Waals surface area contributed by atoms with E-state index in [0.29, 0.717) is 19.5 Å². The molecule has 1 aromatic carbocycles. The lowest BCUT2D eigenvalue weighted by Crippen LogP contribution is -2.54. The summed E-state index contributed by atoms with van der Waals surface area (Å²) in [6, 6.07) is 5.26. The zero-order valence-corrected chi connectivity index (χ0v) is 17.3. The molecule has 1 fully saturated rings. The number of piperazine rings is 1. The summed E-state index contributed by atoms with van der Waals surface area (Å²) in [6.07, 6.45) is 1.63. The third kappa shape index (κ3) is 6.04. The molecule has 0 radical (unpaired) electrons. The number of hydrogen-bond donors (Lipinski definition) is 1. The normalized spacial score (nSPS) is 17.0. The minimum Gasteiger partial charge on any atom is -0.340 e. The Balaban J connectivity index is 2.15. The number of carbonyl (C=O) groups is 2. The summed E-state index contributed by atoms with van der Waals surface area (Å²) in [4.78, 5) is 29.6. The predicted octanol–water partition coefficient (Wildman–Crippen LogP) is 1.01. The monoisotopic (exact) mass is 395 g/mol. The van der Waals surface area contributed by atoms with Crippen molar-refractivity contribution >= 4 is 21.7 Å². The van der Waals surface area contributed by atoms with Crippen molar-refractivity contribution in [2.24, 2.45) is 5.92 Å². The summed E-state index contributed by atoms with van der Waals surface area (Å²) in [5, 5.41) is 2.81. The van der Waals surface area contributed by atoms with E-state index in [9.17, 15) is 18.0 Å². The van der Waals surface area contributed by atoms with Gasteiger partial charge in [-0.1, -0.05) is 19.9 Å². The second kappa shape index (κ2) is 8.84. The van der Waals surface area contributed by atoms with Gasteiger partial charge < -0.3 is 15.1 Å². The highest BCUT2D eigenvalue weighted by atomic mass is 32.2. The molecule has 0 bridgehead atoms. The molecule has 8 heteroatoms. The van der Waals surface area contributed by atoms with Crippen LogP contribution in [0.2, 0.25) is 0 Å². The van der Waals surface area contributed by atoms with Crippen molar-refractivity contribution in [2.75, 3.05) is 39.5 Å².